The van der Waals surface area contributed by atoms with Crippen LogP contribution < -0.4 is 0 Å². The van der Waals surface area contributed by atoms with Gasteiger partial charge in [0, 0.05) is 13.0 Å². The molecule has 0 unspecified atom stereocenters. The Balaban J connectivity index is 2.20. The summed E-state index contributed by atoms with van der Waals surface area (Å²) in [6, 6.07) is 0.503. The van der Waals surface area contributed by atoms with Crippen LogP contribution in [0.3, 0.4) is 0 Å². The summed E-state index contributed by atoms with van der Waals surface area (Å²) in [5.41, 5.74) is 0.292. The Hall–Kier alpha value is -1.82. The first-order valence-electron chi connectivity index (χ1n) is 4.83. The van der Waals surface area contributed by atoms with Crippen LogP contribution in [-0.2, 0) is 4.79 Å². The van der Waals surface area contributed by atoms with Crippen LogP contribution in [0.1, 0.15) is 16.8 Å². The molecule has 1 aromatic rings. The first kappa shape index (κ1) is 10.7. The van der Waals surface area contributed by atoms with E-state index in [9.17, 15) is 14.7 Å². The van der Waals surface area contributed by atoms with Crippen LogP contribution in [0.15, 0.2) is 23.0 Å². The molecule has 0 spiro atoms. The zero-order valence-electron chi connectivity index (χ0n) is 8.37. The molecular formula is C10H11NO5. The number of carbonyl (C=O) groups is 2. The van der Waals surface area contributed by atoms with E-state index in [1.807, 2.05) is 0 Å². The predicted octanol–water partition coefficient (Wildman–Crippen LogP) is -0.0604. The number of hydrogen-bond donors (Lipinski definition) is 2. The molecule has 16 heavy (non-hydrogen) atoms. The Morgan fingerprint density at radius 3 is 2.81 bits per heavy atom. The second-order valence-corrected chi connectivity index (χ2v) is 3.71. The summed E-state index contributed by atoms with van der Waals surface area (Å²) in [4.78, 5) is 23.9. The zero-order valence-corrected chi connectivity index (χ0v) is 8.37. The summed E-state index contributed by atoms with van der Waals surface area (Å²) < 4.78 is 4.76. The van der Waals surface area contributed by atoms with Gasteiger partial charge in [-0.2, -0.15) is 0 Å². The number of β-amino-alcohol motifs (C(OH)–C–C–N with tert-alkyl or cyclic N) is 1. The van der Waals surface area contributed by atoms with Crippen LogP contribution in [0.25, 0.3) is 0 Å². The van der Waals surface area contributed by atoms with Gasteiger partial charge in [-0.15, -0.1) is 0 Å². The number of aliphatic hydroxyl groups excluding tert-OH is 1. The van der Waals surface area contributed by atoms with Crippen LogP contribution in [0.2, 0.25) is 0 Å². The Labute approximate surface area is 91.1 Å². The highest BCUT2D eigenvalue weighted by Crippen LogP contribution is 2.20. The maximum atomic E-state index is 11.9. The van der Waals surface area contributed by atoms with Crippen molar-refractivity contribution < 1.29 is 24.2 Å². The van der Waals surface area contributed by atoms with Crippen molar-refractivity contribution in [1.82, 2.24) is 4.90 Å². The third-order valence-corrected chi connectivity index (χ3v) is 2.59. The first-order valence-corrected chi connectivity index (χ1v) is 4.83. The molecule has 6 heteroatoms. The highest BCUT2D eigenvalue weighted by atomic mass is 16.4. The van der Waals surface area contributed by atoms with E-state index in [1.54, 1.807) is 0 Å². The Morgan fingerprint density at radius 1 is 1.50 bits per heavy atom. The number of aliphatic hydroxyl groups is 1. The standard InChI is InChI=1S/C10H11NO5/c12-7-3-8(10(14)15)11(4-7)9(13)6-1-2-16-5-6/h1-2,5,7-8,12H,3-4H2,(H,14,15)/t7-,8-/m1/s1. The van der Waals surface area contributed by atoms with E-state index < -0.39 is 24.0 Å². The van der Waals surface area contributed by atoms with Gasteiger partial charge in [0.05, 0.1) is 17.9 Å². The van der Waals surface area contributed by atoms with Crippen molar-refractivity contribution in [1.29, 1.82) is 0 Å². The van der Waals surface area contributed by atoms with Crippen molar-refractivity contribution in [2.24, 2.45) is 0 Å². The first-order chi connectivity index (χ1) is 7.59. The molecule has 0 aliphatic carbocycles. The molecule has 2 atom stereocenters. The molecular weight excluding hydrogens is 214 g/mol. The summed E-state index contributed by atoms with van der Waals surface area (Å²) in [5.74, 6) is -1.54. The van der Waals surface area contributed by atoms with Gasteiger partial charge in [0.25, 0.3) is 5.91 Å². The molecule has 1 amide bonds. The van der Waals surface area contributed by atoms with Crippen LogP contribution in [-0.4, -0.2) is 45.7 Å². The minimum Gasteiger partial charge on any atom is -0.480 e. The average Bonchev–Trinajstić information content (AvgIpc) is 2.84. The molecule has 1 aliphatic heterocycles. The molecule has 1 aliphatic rings. The number of carbonyl (C=O) groups excluding carboxylic acids is 1. The largest absolute Gasteiger partial charge is 0.480 e. The molecule has 0 aromatic carbocycles. The maximum absolute atomic E-state index is 11.9. The second-order valence-electron chi connectivity index (χ2n) is 3.71. The van der Waals surface area contributed by atoms with Gasteiger partial charge >= 0.3 is 5.97 Å². The molecule has 0 saturated carbocycles. The predicted molar refractivity (Wildman–Crippen MR) is 51.8 cm³/mol. The summed E-state index contributed by atoms with van der Waals surface area (Å²) in [7, 11) is 0. The van der Waals surface area contributed by atoms with E-state index >= 15 is 0 Å². The number of nitrogens with zero attached hydrogens (tertiary/aromatic N) is 1. The number of rotatable bonds is 2. The van der Waals surface area contributed by atoms with Crippen LogP contribution in [0.4, 0.5) is 0 Å². The number of amides is 1. The minimum atomic E-state index is -1.10. The fourth-order valence-electron chi connectivity index (χ4n) is 1.82. The van der Waals surface area contributed by atoms with E-state index in [-0.39, 0.29) is 13.0 Å². The van der Waals surface area contributed by atoms with Gasteiger partial charge in [-0.05, 0) is 6.07 Å². The van der Waals surface area contributed by atoms with Crippen molar-refractivity contribution in [3.05, 3.63) is 24.2 Å². The van der Waals surface area contributed by atoms with E-state index in [0.29, 0.717) is 5.56 Å². The molecule has 86 valence electrons. The topological polar surface area (TPSA) is 91.0 Å². The number of likely N-dealkylation sites (tertiary alicyclic amines) is 1. The third-order valence-electron chi connectivity index (χ3n) is 2.59. The van der Waals surface area contributed by atoms with Gasteiger partial charge in [0.2, 0.25) is 0 Å². The van der Waals surface area contributed by atoms with Gasteiger partial charge in [0.15, 0.2) is 0 Å². The van der Waals surface area contributed by atoms with E-state index in [2.05, 4.69) is 0 Å². The van der Waals surface area contributed by atoms with Crippen LogP contribution in [0, 0.1) is 0 Å². The molecule has 0 radical (unpaired) electrons. The summed E-state index contributed by atoms with van der Waals surface area (Å²) in [6.07, 6.45) is 1.89. The normalized spacial score (nSPS) is 24.7. The summed E-state index contributed by atoms with van der Waals surface area (Å²) in [6.45, 7) is 0.0426. The lowest BCUT2D eigenvalue weighted by atomic mass is 10.2. The highest BCUT2D eigenvalue weighted by Gasteiger charge is 2.39. The molecule has 0 bridgehead atoms. The van der Waals surface area contributed by atoms with Crippen molar-refractivity contribution in [3.8, 4) is 0 Å². The Kier molecular flexibility index (Phi) is 2.66. The van der Waals surface area contributed by atoms with Crippen molar-refractivity contribution in [2.75, 3.05) is 6.54 Å². The Morgan fingerprint density at radius 2 is 2.25 bits per heavy atom. The number of furan rings is 1. The fraction of sp³-hybridized carbons (Fsp3) is 0.400. The lowest BCUT2D eigenvalue weighted by Gasteiger charge is -2.20. The van der Waals surface area contributed by atoms with Gasteiger partial charge < -0.3 is 19.5 Å². The van der Waals surface area contributed by atoms with Gasteiger partial charge in [-0.1, -0.05) is 0 Å². The van der Waals surface area contributed by atoms with Crippen LogP contribution >= 0.6 is 0 Å². The monoisotopic (exact) mass is 225 g/mol. The SMILES string of the molecule is O=C(O)[C@H]1C[C@@H](O)CN1C(=O)c1ccoc1. The Bertz CT molecular complexity index is 399. The van der Waals surface area contributed by atoms with E-state index in [4.69, 9.17) is 9.52 Å². The molecule has 6 nitrogen and oxygen atoms in total. The smallest absolute Gasteiger partial charge is 0.326 e. The quantitative estimate of drug-likeness (QED) is 0.735. The molecule has 2 rings (SSSR count). The highest BCUT2D eigenvalue weighted by molar-refractivity contribution is 5.96. The van der Waals surface area contributed by atoms with Gasteiger partial charge in [-0.25, -0.2) is 4.79 Å². The van der Waals surface area contributed by atoms with E-state index in [0.717, 1.165) is 4.90 Å². The molecule has 1 fully saturated rings. The number of aliphatic carboxylic acids is 1. The van der Waals surface area contributed by atoms with E-state index in [1.165, 1.54) is 18.6 Å². The fourth-order valence-corrected chi connectivity index (χ4v) is 1.82. The lowest BCUT2D eigenvalue weighted by molar-refractivity contribution is -0.141. The summed E-state index contributed by atoms with van der Waals surface area (Å²) in [5, 5.41) is 18.3. The molecule has 1 saturated heterocycles. The third kappa shape index (κ3) is 1.79. The number of carboxylic acids is 1. The van der Waals surface area contributed by atoms with Crippen molar-refractivity contribution >= 4 is 11.9 Å². The van der Waals surface area contributed by atoms with Gasteiger partial charge in [-0.3, -0.25) is 4.79 Å². The second kappa shape index (κ2) is 3.97. The number of hydrogen-bond acceptors (Lipinski definition) is 4. The van der Waals surface area contributed by atoms with Crippen molar-refractivity contribution in [3.63, 3.8) is 0 Å². The number of carboxylic acid groups (broad SMARTS) is 1. The molecule has 1 aromatic heterocycles. The lowest BCUT2D eigenvalue weighted by Crippen LogP contribution is -2.40. The molecule has 2 heterocycles. The maximum Gasteiger partial charge on any atom is 0.326 e. The van der Waals surface area contributed by atoms with Crippen LogP contribution in [0.5, 0.6) is 0 Å². The molecule has 2 N–H and O–H groups in total. The average molecular weight is 225 g/mol. The zero-order chi connectivity index (χ0) is 11.7. The minimum absolute atomic E-state index is 0.0426. The summed E-state index contributed by atoms with van der Waals surface area (Å²) >= 11 is 0. The van der Waals surface area contributed by atoms with Gasteiger partial charge in [0.1, 0.15) is 12.3 Å². The van der Waals surface area contributed by atoms with Crippen molar-refractivity contribution in [2.45, 2.75) is 18.6 Å².